The lowest BCUT2D eigenvalue weighted by atomic mass is 10.0. The minimum absolute atomic E-state index is 0.0770. The number of thioether (sulfide) groups is 1. The third-order valence-electron chi connectivity index (χ3n) is 6.18. The number of nitrogens with two attached hydrogens (primary N) is 1. The molecule has 2 amide bonds. The highest BCUT2D eigenvalue weighted by Crippen LogP contribution is 2.44. The summed E-state index contributed by atoms with van der Waals surface area (Å²) < 4.78 is 35.3. The van der Waals surface area contributed by atoms with Gasteiger partial charge in [0.2, 0.25) is 5.91 Å². The van der Waals surface area contributed by atoms with Crippen molar-refractivity contribution in [3.05, 3.63) is 30.0 Å². The minimum atomic E-state index is -2.61. The minimum Gasteiger partial charge on any atom is -0.491 e. The molecule has 1 aromatic heterocycles. The summed E-state index contributed by atoms with van der Waals surface area (Å²) in [6, 6.07) is 4.01. The van der Waals surface area contributed by atoms with Crippen LogP contribution in [0.5, 0.6) is 5.75 Å². The Kier molecular flexibility index (Phi) is 6.07. The van der Waals surface area contributed by atoms with Crippen molar-refractivity contribution in [3.63, 3.8) is 0 Å². The number of amides is 2. The predicted molar refractivity (Wildman–Crippen MR) is 122 cm³/mol. The maximum absolute atomic E-state index is 13.6. The van der Waals surface area contributed by atoms with Crippen molar-refractivity contribution in [3.8, 4) is 17.0 Å². The Morgan fingerprint density at radius 1 is 1.41 bits per heavy atom. The van der Waals surface area contributed by atoms with Crippen molar-refractivity contribution in [2.24, 2.45) is 5.73 Å². The van der Waals surface area contributed by atoms with Gasteiger partial charge in [-0.15, -0.1) is 0 Å². The highest BCUT2D eigenvalue weighted by Gasteiger charge is 2.41. The molecule has 4 rings (SSSR count). The first-order valence-electron chi connectivity index (χ1n) is 10.5. The molecular formula is C22H26F2N4O3S. The van der Waals surface area contributed by atoms with E-state index in [1.165, 1.54) is 4.90 Å². The van der Waals surface area contributed by atoms with E-state index in [4.69, 9.17) is 10.5 Å². The Morgan fingerprint density at radius 2 is 2.16 bits per heavy atom. The zero-order valence-electron chi connectivity index (χ0n) is 18.2. The van der Waals surface area contributed by atoms with Gasteiger partial charge >= 0.3 is 0 Å². The first-order chi connectivity index (χ1) is 15.2. The number of carbonyl (C=O) groups excluding carboxylic acids is 2. The lowest BCUT2D eigenvalue weighted by Crippen LogP contribution is -2.40. The second kappa shape index (κ2) is 8.65. The molecule has 2 atom stereocenters. The Labute approximate surface area is 189 Å². The molecule has 2 aliphatic rings. The summed E-state index contributed by atoms with van der Waals surface area (Å²) in [5, 5.41) is -0.348. The number of fused-ring (bicyclic) bond motifs is 3. The van der Waals surface area contributed by atoms with Gasteiger partial charge in [0.15, 0.2) is 0 Å². The average Bonchev–Trinajstić information content (AvgIpc) is 3.26. The molecule has 3 heterocycles. The van der Waals surface area contributed by atoms with E-state index in [9.17, 15) is 18.4 Å². The van der Waals surface area contributed by atoms with E-state index >= 15 is 0 Å². The van der Waals surface area contributed by atoms with Crippen LogP contribution < -0.4 is 20.3 Å². The summed E-state index contributed by atoms with van der Waals surface area (Å²) in [4.78, 5) is 27.1. The summed E-state index contributed by atoms with van der Waals surface area (Å²) >= 11 is 0.931. The van der Waals surface area contributed by atoms with E-state index in [1.807, 2.05) is 29.7 Å². The molecule has 10 heteroatoms. The normalized spacial score (nSPS) is 18.8. The fourth-order valence-corrected chi connectivity index (χ4v) is 5.23. The molecule has 172 valence electrons. The number of halogens is 2. The number of hydrogen-bond donors (Lipinski definition) is 1. The third-order valence-corrected chi connectivity index (χ3v) is 7.13. The molecule has 1 saturated heterocycles. The largest absolute Gasteiger partial charge is 0.491 e. The number of hydrogen-bond acceptors (Lipinski definition) is 5. The Hall–Kier alpha value is -2.75. The maximum atomic E-state index is 13.6. The first kappa shape index (κ1) is 22.4. The molecule has 0 radical (unpaired) electrons. The van der Waals surface area contributed by atoms with Crippen LogP contribution in [0.4, 0.5) is 25.0 Å². The molecule has 2 N–H and O–H groups in total. The number of alkyl halides is 2. The number of nitrogens with zero attached hydrogens (tertiary/aromatic N) is 3. The summed E-state index contributed by atoms with van der Waals surface area (Å²) in [7, 11) is 1.78. The van der Waals surface area contributed by atoms with Crippen molar-refractivity contribution < 1.29 is 23.1 Å². The molecule has 0 unspecified atom stereocenters. The van der Waals surface area contributed by atoms with Gasteiger partial charge in [0.05, 0.1) is 17.9 Å². The molecule has 1 aromatic carbocycles. The van der Waals surface area contributed by atoms with Gasteiger partial charge in [0.25, 0.3) is 11.7 Å². The van der Waals surface area contributed by atoms with Gasteiger partial charge in [-0.1, -0.05) is 18.7 Å². The Balaban J connectivity index is 1.81. The SMILES string of the molecule is CCc1c(N2C(=O)SC[C@H]2C(F)F)cn2c1-c1ccc(N(C)[C@@H](C)C(N)=O)cc1OCC2. The average molecular weight is 465 g/mol. The molecule has 2 aromatic rings. The quantitative estimate of drug-likeness (QED) is 0.705. The molecule has 0 saturated carbocycles. The third kappa shape index (κ3) is 3.70. The van der Waals surface area contributed by atoms with Gasteiger partial charge in [-0.3, -0.25) is 14.5 Å². The highest BCUT2D eigenvalue weighted by atomic mass is 32.2. The van der Waals surface area contributed by atoms with Gasteiger partial charge in [-0.2, -0.15) is 0 Å². The summed E-state index contributed by atoms with van der Waals surface area (Å²) in [5.41, 5.74) is 9.28. The van der Waals surface area contributed by atoms with Crippen LogP contribution in [-0.4, -0.2) is 53.6 Å². The van der Waals surface area contributed by atoms with Crippen molar-refractivity contribution in [2.75, 3.05) is 29.2 Å². The standard InChI is InChI=1S/C22H26F2N4O3S/c1-4-14-16(28-17(20(23)24)11-32-22(28)30)10-27-7-8-31-18-9-13(5-6-15(18)19(14)27)26(3)12(2)21(25)29/h5-6,9-10,12,17,20H,4,7-8,11H2,1-3H3,(H2,25,29)/t12-,17-/m0/s1. The monoisotopic (exact) mass is 464 g/mol. The van der Waals surface area contributed by atoms with E-state index in [0.29, 0.717) is 31.0 Å². The van der Waals surface area contributed by atoms with Crippen LogP contribution in [0.3, 0.4) is 0 Å². The van der Waals surface area contributed by atoms with E-state index in [0.717, 1.165) is 34.3 Å². The lowest BCUT2D eigenvalue weighted by Gasteiger charge is -2.25. The second-order valence-electron chi connectivity index (χ2n) is 7.96. The second-order valence-corrected chi connectivity index (χ2v) is 8.93. The van der Waals surface area contributed by atoms with Crippen molar-refractivity contribution >= 4 is 34.3 Å². The smallest absolute Gasteiger partial charge is 0.286 e. The fourth-order valence-electron chi connectivity index (χ4n) is 4.25. The number of carbonyl (C=O) groups is 2. The molecule has 32 heavy (non-hydrogen) atoms. The van der Waals surface area contributed by atoms with Crippen LogP contribution in [0.25, 0.3) is 11.3 Å². The van der Waals surface area contributed by atoms with Gasteiger partial charge in [0.1, 0.15) is 24.4 Å². The molecule has 0 aliphatic carbocycles. The van der Waals surface area contributed by atoms with E-state index < -0.39 is 24.4 Å². The number of likely N-dealkylation sites (N-methyl/N-ethyl adjacent to an activating group) is 1. The van der Waals surface area contributed by atoms with Crippen molar-refractivity contribution in [2.45, 2.75) is 45.3 Å². The van der Waals surface area contributed by atoms with E-state index in [-0.39, 0.29) is 11.0 Å². The molecular weight excluding hydrogens is 438 g/mol. The van der Waals surface area contributed by atoms with Crippen LogP contribution in [0, 0.1) is 0 Å². The van der Waals surface area contributed by atoms with Crippen LogP contribution in [0.15, 0.2) is 24.4 Å². The van der Waals surface area contributed by atoms with Crippen LogP contribution >= 0.6 is 11.8 Å². The number of benzene rings is 1. The summed E-state index contributed by atoms with van der Waals surface area (Å²) in [6.07, 6.45) is -0.248. The number of anilines is 2. The highest BCUT2D eigenvalue weighted by molar-refractivity contribution is 8.14. The molecule has 0 spiro atoms. The molecule has 0 bridgehead atoms. The predicted octanol–water partition coefficient (Wildman–Crippen LogP) is 3.73. The zero-order chi connectivity index (χ0) is 23.2. The molecule has 2 aliphatic heterocycles. The van der Waals surface area contributed by atoms with Crippen molar-refractivity contribution in [1.29, 1.82) is 0 Å². The van der Waals surface area contributed by atoms with Gasteiger partial charge in [-0.05, 0) is 25.5 Å². The zero-order valence-corrected chi connectivity index (χ0v) is 19.0. The van der Waals surface area contributed by atoms with Crippen LogP contribution in [0.1, 0.15) is 19.4 Å². The van der Waals surface area contributed by atoms with Gasteiger partial charge < -0.3 is 19.9 Å². The van der Waals surface area contributed by atoms with Crippen LogP contribution in [0.2, 0.25) is 0 Å². The van der Waals surface area contributed by atoms with Gasteiger partial charge in [-0.25, -0.2) is 8.78 Å². The first-order valence-corrected chi connectivity index (χ1v) is 11.5. The Morgan fingerprint density at radius 3 is 2.81 bits per heavy atom. The maximum Gasteiger partial charge on any atom is 0.286 e. The number of aromatic nitrogens is 1. The number of ether oxygens (including phenoxy) is 1. The summed E-state index contributed by atoms with van der Waals surface area (Å²) in [5.74, 6) is 0.279. The topological polar surface area (TPSA) is 80.8 Å². The number of primary amides is 1. The Bertz CT molecular complexity index is 1060. The molecule has 7 nitrogen and oxygen atoms in total. The molecule has 1 fully saturated rings. The number of rotatable bonds is 6. The van der Waals surface area contributed by atoms with E-state index in [1.54, 1.807) is 25.1 Å². The van der Waals surface area contributed by atoms with Crippen molar-refractivity contribution in [1.82, 2.24) is 4.57 Å². The van der Waals surface area contributed by atoms with Crippen LogP contribution in [-0.2, 0) is 17.8 Å². The lowest BCUT2D eigenvalue weighted by molar-refractivity contribution is -0.118. The van der Waals surface area contributed by atoms with Gasteiger partial charge in [0, 0.05) is 41.9 Å². The van der Waals surface area contributed by atoms with E-state index in [2.05, 4.69) is 0 Å². The summed E-state index contributed by atoms with van der Waals surface area (Å²) in [6.45, 7) is 4.59. The fraction of sp³-hybridized carbons (Fsp3) is 0.455.